The number of hydrogen-bond acceptors (Lipinski definition) is 3. The summed E-state index contributed by atoms with van der Waals surface area (Å²) in [6.45, 7) is 4.03. The summed E-state index contributed by atoms with van der Waals surface area (Å²) in [5.74, 6) is 0. The summed E-state index contributed by atoms with van der Waals surface area (Å²) in [5, 5.41) is 5.18. The maximum atomic E-state index is 4.36. The van der Waals surface area contributed by atoms with E-state index in [1.54, 1.807) is 4.52 Å². The first-order chi connectivity index (χ1) is 6.20. The van der Waals surface area contributed by atoms with Gasteiger partial charge in [0.15, 0.2) is 5.65 Å². The third-order valence-electron chi connectivity index (χ3n) is 1.95. The molecule has 2 aromatic heterocycles. The number of fused-ring (bicyclic) bond motifs is 1. The largest absolute Gasteiger partial charge is 0.234 e. The van der Waals surface area contributed by atoms with Crippen LogP contribution in [0.1, 0.15) is 18.3 Å². The molecule has 3 nitrogen and oxygen atoms in total. The predicted octanol–water partition coefficient (Wildman–Crippen LogP) is 1.89. The number of nitrogens with zero attached hydrogens (tertiary/aromatic N) is 3. The Bertz CT molecular complexity index is 447. The summed E-state index contributed by atoms with van der Waals surface area (Å²) in [5.41, 5.74) is 2.90. The molecule has 0 radical (unpaired) electrons. The lowest BCUT2D eigenvalue weighted by Gasteiger charge is -1.97. The van der Waals surface area contributed by atoms with Crippen LogP contribution in [-0.4, -0.2) is 14.6 Å². The Kier molecular flexibility index (Phi) is 2.00. The van der Waals surface area contributed by atoms with Gasteiger partial charge in [-0.1, -0.05) is 6.92 Å². The first-order valence-corrected chi connectivity index (χ1v) is 4.70. The number of rotatable bonds is 1. The van der Waals surface area contributed by atoms with Crippen molar-refractivity contribution < 1.29 is 0 Å². The van der Waals surface area contributed by atoms with E-state index in [0.717, 1.165) is 28.5 Å². The number of hydrogen-bond donors (Lipinski definition) is 1. The first-order valence-electron chi connectivity index (χ1n) is 4.26. The molecule has 13 heavy (non-hydrogen) atoms. The molecule has 2 aromatic rings. The highest BCUT2D eigenvalue weighted by Crippen LogP contribution is 2.12. The van der Waals surface area contributed by atoms with E-state index in [2.05, 4.69) is 29.6 Å². The molecule has 0 aliphatic carbocycles. The molecule has 0 bridgehead atoms. The van der Waals surface area contributed by atoms with Crippen molar-refractivity contribution in [2.24, 2.45) is 0 Å². The van der Waals surface area contributed by atoms with Crippen LogP contribution >= 0.6 is 12.6 Å². The van der Waals surface area contributed by atoms with Crippen LogP contribution in [0.5, 0.6) is 0 Å². The van der Waals surface area contributed by atoms with E-state index in [9.17, 15) is 0 Å². The molecule has 0 aromatic carbocycles. The summed E-state index contributed by atoms with van der Waals surface area (Å²) in [7, 11) is 0. The maximum Gasteiger partial charge on any atom is 0.156 e. The molecule has 0 spiro atoms. The highest BCUT2D eigenvalue weighted by molar-refractivity contribution is 7.80. The fraction of sp³-hybridized carbons (Fsp3) is 0.333. The average Bonchev–Trinajstić information content (AvgIpc) is 2.47. The van der Waals surface area contributed by atoms with E-state index >= 15 is 0 Å². The van der Waals surface area contributed by atoms with Crippen molar-refractivity contribution in [1.82, 2.24) is 14.6 Å². The van der Waals surface area contributed by atoms with Crippen molar-refractivity contribution >= 4 is 18.3 Å². The normalized spacial score (nSPS) is 11.0. The molecule has 0 aliphatic rings. The Hall–Kier alpha value is -1.03. The van der Waals surface area contributed by atoms with Gasteiger partial charge in [-0.2, -0.15) is 5.10 Å². The van der Waals surface area contributed by atoms with Gasteiger partial charge in [0.25, 0.3) is 0 Å². The average molecular weight is 193 g/mol. The van der Waals surface area contributed by atoms with Crippen LogP contribution in [0.15, 0.2) is 17.2 Å². The second kappa shape index (κ2) is 3.03. The minimum Gasteiger partial charge on any atom is -0.234 e. The van der Waals surface area contributed by atoms with E-state index in [4.69, 9.17) is 0 Å². The highest BCUT2D eigenvalue weighted by atomic mass is 32.1. The molecule has 0 saturated heterocycles. The van der Waals surface area contributed by atoms with Crippen molar-refractivity contribution in [2.75, 3.05) is 0 Å². The fourth-order valence-corrected chi connectivity index (χ4v) is 1.63. The zero-order chi connectivity index (χ0) is 9.42. The van der Waals surface area contributed by atoms with Crippen LogP contribution in [0, 0.1) is 6.92 Å². The smallest absolute Gasteiger partial charge is 0.156 e. The molecule has 0 aliphatic heterocycles. The summed E-state index contributed by atoms with van der Waals surface area (Å²) < 4.78 is 1.76. The van der Waals surface area contributed by atoms with Crippen LogP contribution < -0.4 is 0 Å². The Morgan fingerprint density at radius 2 is 2.23 bits per heavy atom. The molecule has 0 saturated carbocycles. The highest BCUT2D eigenvalue weighted by Gasteiger charge is 2.03. The summed E-state index contributed by atoms with van der Waals surface area (Å²) >= 11 is 4.33. The predicted molar refractivity (Wildman–Crippen MR) is 54.4 cm³/mol. The van der Waals surface area contributed by atoms with Gasteiger partial charge in [-0.15, -0.1) is 12.6 Å². The summed E-state index contributed by atoms with van der Waals surface area (Å²) in [6.07, 6.45) is 0.926. The van der Waals surface area contributed by atoms with Crippen molar-refractivity contribution in [2.45, 2.75) is 25.3 Å². The van der Waals surface area contributed by atoms with Gasteiger partial charge in [-0.25, -0.2) is 9.50 Å². The molecule has 0 unspecified atom stereocenters. The standard InChI is InChI=1S/C9H11N3S/c1-3-7-5-8-10-6(2)4-9(13)12(8)11-7/h4-5,13H,3H2,1-2H3. The van der Waals surface area contributed by atoms with Crippen molar-refractivity contribution in [3.8, 4) is 0 Å². The maximum absolute atomic E-state index is 4.36. The molecule has 68 valence electrons. The van der Waals surface area contributed by atoms with Gasteiger partial charge >= 0.3 is 0 Å². The van der Waals surface area contributed by atoms with Crippen molar-refractivity contribution in [3.63, 3.8) is 0 Å². The molecule has 2 rings (SSSR count). The fourth-order valence-electron chi connectivity index (χ4n) is 1.30. The molecule has 4 heteroatoms. The monoisotopic (exact) mass is 193 g/mol. The Morgan fingerprint density at radius 3 is 2.92 bits per heavy atom. The van der Waals surface area contributed by atoms with Gasteiger partial charge in [0.1, 0.15) is 0 Å². The lowest BCUT2D eigenvalue weighted by atomic mass is 10.3. The SMILES string of the molecule is CCc1cc2nc(C)cc(S)n2n1. The van der Waals surface area contributed by atoms with Gasteiger partial charge in [-0.05, 0) is 19.4 Å². The molecule has 0 N–H and O–H groups in total. The van der Waals surface area contributed by atoms with Crippen molar-refractivity contribution in [3.05, 3.63) is 23.5 Å². The third-order valence-corrected chi connectivity index (χ3v) is 2.27. The summed E-state index contributed by atoms with van der Waals surface area (Å²) in [6, 6.07) is 3.90. The van der Waals surface area contributed by atoms with E-state index < -0.39 is 0 Å². The Labute approximate surface area is 82.2 Å². The Balaban J connectivity index is 2.75. The van der Waals surface area contributed by atoms with Crippen LogP contribution in [0.4, 0.5) is 0 Å². The third kappa shape index (κ3) is 1.42. The molecule has 0 amide bonds. The summed E-state index contributed by atoms with van der Waals surface area (Å²) in [4.78, 5) is 4.36. The zero-order valence-electron chi connectivity index (χ0n) is 7.65. The van der Waals surface area contributed by atoms with E-state index in [1.807, 2.05) is 19.1 Å². The molecule has 0 fully saturated rings. The lowest BCUT2D eigenvalue weighted by Crippen LogP contribution is -1.94. The van der Waals surface area contributed by atoms with Gasteiger partial charge in [0, 0.05) is 11.8 Å². The minimum absolute atomic E-state index is 0.835. The zero-order valence-corrected chi connectivity index (χ0v) is 8.55. The number of thiol groups is 1. The number of aromatic nitrogens is 3. The van der Waals surface area contributed by atoms with Gasteiger partial charge in [-0.3, -0.25) is 0 Å². The van der Waals surface area contributed by atoms with Crippen LogP contribution in [-0.2, 0) is 6.42 Å². The van der Waals surface area contributed by atoms with E-state index in [1.165, 1.54) is 0 Å². The van der Waals surface area contributed by atoms with Crippen LogP contribution in [0.3, 0.4) is 0 Å². The van der Waals surface area contributed by atoms with Gasteiger partial charge in [0.2, 0.25) is 0 Å². The first kappa shape index (κ1) is 8.56. The van der Waals surface area contributed by atoms with Crippen LogP contribution in [0.2, 0.25) is 0 Å². The van der Waals surface area contributed by atoms with Gasteiger partial charge in [0.05, 0.1) is 10.7 Å². The number of aryl methyl sites for hydroxylation is 2. The second-order valence-corrected chi connectivity index (χ2v) is 3.47. The Morgan fingerprint density at radius 1 is 1.46 bits per heavy atom. The lowest BCUT2D eigenvalue weighted by molar-refractivity contribution is 0.810. The van der Waals surface area contributed by atoms with Crippen molar-refractivity contribution in [1.29, 1.82) is 0 Å². The second-order valence-electron chi connectivity index (χ2n) is 3.01. The quantitative estimate of drug-likeness (QED) is 0.553. The molecule has 2 heterocycles. The molecule has 0 atom stereocenters. The van der Waals surface area contributed by atoms with Crippen LogP contribution in [0.25, 0.3) is 5.65 Å². The van der Waals surface area contributed by atoms with E-state index in [-0.39, 0.29) is 0 Å². The van der Waals surface area contributed by atoms with E-state index in [0.29, 0.717) is 0 Å². The minimum atomic E-state index is 0.835. The molecular formula is C9H11N3S. The molecular weight excluding hydrogens is 182 g/mol. The topological polar surface area (TPSA) is 30.2 Å². The van der Waals surface area contributed by atoms with Gasteiger partial charge < -0.3 is 0 Å².